The predicted molar refractivity (Wildman–Crippen MR) is 98.1 cm³/mol. The number of rotatable bonds is 3. The van der Waals surface area contributed by atoms with E-state index in [0.29, 0.717) is 11.4 Å². The van der Waals surface area contributed by atoms with Gasteiger partial charge < -0.3 is 15.5 Å². The van der Waals surface area contributed by atoms with E-state index in [0.717, 1.165) is 55.6 Å². The van der Waals surface area contributed by atoms with Gasteiger partial charge in [-0.2, -0.15) is 10.1 Å². The van der Waals surface area contributed by atoms with Gasteiger partial charge in [0.25, 0.3) is 0 Å². The van der Waals surface area contributed by atoms with Gasteiger partial charge in [-0.15, -0.1) is 0 Å². The molecule has 0 radical (unpaired) electrons. The Bertz CT molecular complexity index is 940. The lowest BCUT2D eigenvalue weighted by Crippen LogP contribution is -2.58. The van der Waals surface area contributed by atoms with Crippen molar-refractivity contribution in [2.45, 2.75) is 12.8 Å². The monoisotopic (exact) mass is 353 g/mol. The van der Waals surface area contributed by atoms with Crippen LogP contribution in [0.4, 0.5) is 21.8 Å². The molecule has 1 aromatic carbocycles. The average Bonchev–Trinajstić information content (AvgIpc) is 3.10. The van der Waals surface area contributed by atoms with Crippen LogP contribution in [0.25, 0.3) is 10.9 Å². The molecule has 2 aliphatic heterocycles. The van der Waals surface area contributed by atoms with Crippen LogP contribution in [0.2, 0.25) is 0 Å². The third kappa shape index (κ3) is 2.66. The van der Waals surface area contributed by atoms with Crippen LogP contribution in [-0.4, -0.2) is 46.3 Å². The second-order valence-corrected chi connectivity index (χ2v) is 7.25. The smallest absolute Gasteiger partial charge is 0.227 e. The highest BCUT2D eigenvalue weighted by atomic mass is 19.1. The van der Waals surface area contributed by atoms with Gasteiger partial charge in [-0.3, -0.25) is 5.10 Å². The Morgan fingerprint density at radius 2 is 2.00 bits per heavy atom. The minimum Gasteiger partial charge on any atom is -0.341 e. The van der Waals surface area contributed by atoms with E-state index < -0.39 is 5.82 Å². The number of hydrogen-bond donors (Lipinski definition) is 3. The third-order valence-corrected chi connectivity index (χ3v) is 5.54. The zero-order valence-corrected chi connectivity index (χ0v) is 14.3. The van der Waals surface area contributed by atoms with Gasteiger partial charge in [0.1, 0.15) is 0 Å². The molecule has 2 saturated heterocycles. The number of anilines is 3. The van der Waals surface area contributed by atoms with Crippen molar-refractivity contribution >= 4 is 28.4 Å². The lowest BCUT2D eigenvalue weighted by molar-refractivity contribution is 0.126. The maximum Gasteiger partial charge on any atom is 0.227 e. The van der Waals surface area contributed by atoms with Gasteiger partial charge in [-0.1, -0.05) is 0 Å². The normalized spacial score (nSPS) is 18.9. The predicted octanol–water partition coefficient (Wildman–Crippen LogP) is 2.43. The summed E-state index contributed by atoms with van der Waals surface area (Å²) >= 11 is 0. The quantitative estimate of drug-likeness (QED) is 0.671. The molecule has 3 N–H and O–H groups in total. The maximum absolute atomic E-state index is 14.2. The van der Waals surface area contributed by atoms with E-state index >= 15 is 0 Å². The Morgan fingerprint density at radius 1 is 1.15 bits per heavy atom. The SMILES string of the molecule is Fc1cnc(N2CCC3(CC2)CNC3)nc1Nc1ccc2[nH]ncc2c1. The van der Waals surface area contributed by atoms with Crippen LogP contribution >= 0.6 is 0 Å². The van der Waals surface area contributed by atoms with Gasteiger partial charge in [0, 0.05) is 37.3 Å². The van der Waals surface area contributed by atoms with Gasteiger partial charge >= 0.3 is 0 Å². The third-order valence-electron chi connectivity index (χ3n) is 5.54. The summed E-state index contributed by atoms with van der Waals surface area (Å²) in [7, 11) is 0. The molecule has 0 unspecified atom stereocenters. The van der Waals surface area contributed by atoms with Crippen LogP contribution in [0.5, 0.6) is 0 Å². The number of hydrogen-bond acceptors (Lipinski definition) is 6. The molecule has 7 nitrogen and oxygen atoms in total. The zero-order valence-electron chi connectivity index (χ0n) is 14.3. The summed E-state index contributed by atoms with van der Waals surface area (Å²) in [5, 5.41) is 14.3. The first kappa shape index (κ1) is 15.5. The number of halogens is 1. The minimum absolute atomic E-state index is 0.198. The fraction of sp³-hybridized carbons (Fsp3) is 0.389. The number of nitrogens with zero attached hydrogens (tertiary/aromatic N) is 4. The lowest BCUT2D eigenvalue weighted by Gasteiger charge is -2.48. The van der Waals surface area contributed by atoms with Crippen LogP contribution in [0.1, 0.15) is 12.8 Å². The standard InChI is InChI=1S/C18H20FN7/c19-14-9-21-17(26-5-3-18(4-6-26)10-20-11-18)24-16(14)23-13-1-2-15-12(7-13)8-22-25-15/h1-2,7-9,20H,3-6,10-11H2,(H,22,25)(H,21,23,24). The van der Waals surface area contributed by atoms with Crippen molar-refractivity contribution in [3.05, 3.63) is 36.4 Å². The van der Waals surface area contributed by atoms with Crippen LogP contribution in [0.15, 0.2) is 30.6 Å². The van der Waals surface area contributed by atoms with E-state index in [1.807, 2.05) is 18.2 Å². The zero-order chi connectivity index (χ0) is 17.6. The van der Waals surface area contributed by atoms with Gasteiger partial charge in [0.05, 0.1) is 17.9 Å². The molecule has 26 heavy (non-hydrogen) atoms. The van der Waals surface area contributed by atoms with E-state index in [1.165, 1.54) is 6.20 Å². The largest absolute Gasteiger partial charge is 0.341 e. The number of piperidine rings is 1. The highest BCUT2D eigenvalue weighted by molar-refractivity contribution is 5.82. The Labute approximate surface area is 150 Å². The topological polar surface area (TPSA) is 81.8 Å². The minimum atomic E-state index is -0.460. The Balaban J connectivity index is 1.36. The second kappa shape index (κ2) is 5.91. The van der Waals surface area contributed by atoms with Crippen molar-refractivity contribution in [2.75, 3.05) is 36.4 Å². The van der Waals surface area contributed by atoms with Gasteiger partial charge in [-0.25, -0.2) is 9.37 Å². The van der Waals surface area contributed by atoms with Crippen LogP contribution in [0, 0.1) is 11.2 Å². The summed E-state index contributed by atoms with van der Waals surface area (Å²) in [6, 6.07) is 5.69. The van der Waals surface area contributed by atoms with Crippen LogP contribution in [-0.2, 0) is 0 Å². The molecule has 3 aromatic rings. The summed E-state index contributed by atoms with van der Waals surface area (Å²) in [5.41, 5.74) is 2.16. The Morgan fingerprint density at radius 3 is 2.77 bits per heavy atom. The van der Waals surface area contributed by atoms with E-state index in [2.05, 4.69) is 35.7 Å². The summed E-state index contributed by atoms with van der Waals surface area (Å²) in [5.74, 6) is 0.321. The van der Waals surface area contributed by atoms with Crippen molar-refractivity contribution in [1.82, 2.24) is 25.5 Å². The van der Waals surface area contributed by atoms with Gasteiger partial charge in [0.15, 0.2) is 11.6 Å². The van der Waals surface area contributed by atoms with Crippen LogP contribution in [0.3, 0.4) is 0 Å². The lowest BCUT2D eigenvalue weighted by atomic mass is 9.73. The van der Waals surface area contributed by atoms with Crippen molar-refractivity contribution in [3.8, 4) is 0 Å². The van der Waals surface area contributed by atoms with Crippen LogP contribution < -0.4 is 15.5 Å². The Kier molecular flexibility index (Phi) is 3.53. The molecule has 1 spiro atoms. The molecule has 2 aliphatic rings. The highest BCUT2D eigenvalue weighted by Crippen LogP contribution is 2.36. The number of fused-ring (bicyclic) bond motifs is 1. The molecule has 8 heteroatoms. The van der Waals surface area contributed by atoms with E-state index in [4.69, 9.17) is 0 Å². The fourth-order valence-electron chi connectivity index (χ4n) is 3.77. The average molecular weight is 353 g/mol. The molecular weight excluding hydrogens is 333 g/mol. The molecule has 0 saturated carbocycles. The highest BCUT2D eigenvalue weighted by Gasteiger charge is 2.40. The number of benzene rings is 1. The fourth-order valence-corrected chi connectivity index (χ4v) is 3.77. The number of nitrogens with one attached hydrogen (secondary N) is 3. The van der Waals surface area contributed by atoms with Crippen molar-refractivity contribution in [3.63, 3.8) is 0 Å². The molecule has 0 atom stereocenters. The summed E-state index contributed by atoms with van der Waals surface area (Å²) in [6.45, 7) is 4.03. The Hall–Kier alpha value is -2.74. The molecule has 0 aliphatic carbocycles. The molecule has 0 amide bonds. The summed E-state index contributed by atoms with van der Waals surface area (Å²) in [6.07, 6.45) is 5.23. The molecule has 5 rings (SSSR count). The number of H-pyrrole nitrogens is 1. The number of aromatic nitrogens is 4. The van der Waals surface area contributed by atoms with E-state index in [9.17, 15) is 4.39 Å². The summed E-state index contributed by atoms with van der Waals surface area (Å²) in [4.78, 5) is 10.8. The van der Waals surface area contributed by atoms with E-state index in [-0.39, 0.29) is 5.82 Å². The summed E-state index contributed by atoms with van der Waals surface area (Å²) < 4.78 is 14.2. The molecule has 2 aromatic heterocycles. The molecule has 134 valence electrons. The van der Waals surface area contributed by atoms with Crippen molar-refractivity contribution in [1.29, 1.82) is 0 Å². The first-order chi connectivity index (χ1) is 12.7. The molecule has 0 bridgehead atoms. The first-order valence-electron chi connectivity index (χ1n) is 8.89. The molecule has 4 heterocycles. The van der Waals surface area contributed by atoms with E-state index in [1.54, 1.807) is 6.20 Å². The van der Waals surface area contributed by atoms with Gasteiger partial charge in [0.2, 0.25) is 5.95 Å². The molecular formula is C18H20FN7. The second-order valence-electron chi connectivity index (χ2n) is 7.25. The van der Waals surface area contributed by atoms with Crippen molar-refractivity contribution in [2.24, 2.45) is 5.41 Å². The molecule has 2 fully saturated rings. The van der Waals surface area contributed by atoms with Gasteiger partial charge in [-0.05, 0) is 36.5 Å². The first-order valence-corrected chi connectivity index (χ1v) is 8.89. The number of aromatic amines is 1. The maximum atomic E-state index is 14.2. The van der Waals surface area contributed by atoms with Crippen molar-refractivity contribution < 1.29 is 4.39 Å².